The summed E-state index contributed by atoms with van der Waals surface area (Å²) in [5.41, 5.74) is 1.88. The second-order valence-electron chi connectivity index (χ2n) is 7.63. The molecule has 0 saturated heterocycles. The first-order valence-electron chi connectivity index (χ1n) is 10.2. The fourth-order valence-corrected chi connectivity index (χ4v) is 4.00. The Kier molecular flexibility index (Phi) is 6.81. The van der Waals surface area contributed by atoms with Gasteiger partial charge in [0.2, 0.25) is 0 Å². The van der Waals surface area contributed by atoms with Crippen molar-refractivity contribution >= 4 is 22.8 Å². The summed E-state index contributed by atoms with van der Waals surface area (Å²) in [5, 5.41) is 10.6. The minimum atomic E-state index is -2.96. The second-order valence-corrected chi connectivity index (χ2v) is 7.63. The van der Waals surface area contributed by atoms with Gasteiger partial charge < -0.3 is 14.6 Å². The van der Waals surface area contributed by atoms with Crippen molar-refractivity contribution < 1.29 is 33.0 Å². The van der Waals surface area contributed by atoms with Crippen LogP contribution in [0.25, 0.3) is 10.9 Å². The molecule has 1 unspecified atom stereocenters. The molecular formula is C24H25F2NO5. The summed E-state index contributed by atoms with van der Waals surface area (Å²) in [6.07, 6.45) is 0.645. The average molecular weight is 445 g/mol. The zero-order valence-electron chi connectivity index (χ0n) is 18.3. The minimum absolute atomic E-state index is 0.0567. The first kappa shape index (κ1) is 23.2. The monoisotopic (exact) mass is 445 g/mol. The number of aliphatic carboxylic acids is 1. The summed E-state index contributed by atoms with van der Waals surface area (Å²) < 4.78 is 36.0. The highest BCUT2D eigenvalue weighted by molar-refractivity contribution is 6.05. The largest absolute Gasteiger partial charge is 0.497 e. The Bertz CT molecular complexity index is 1140. The van der Waals surface area contributed by atoms with Crippen LogP contribution in [-0.2, 0) is 4.79 Å². The first-order valence-corrected chi connectivity index (χ1v) is 10.2. The molecule has 0 fully saturated rings. The zero-order chi connectivity index (χ0) is 23.6. The predicted molar refractivity (Wildman–Crippen MR) is 116 cm³/mol. The van der Waals surface area contributed by atoms with Crippen LogP contribution in [0.2, 0.25) is 0 Å². The molecule has 0 radical (unpaired) electrons. The Labute approximate surface area is 184 Å². The SMILES string of the molecule is CCC(C)[C@H](C(=O)O)c1c(C)n(C(=O)c2ccc(OC(F)F)cc2)c2ccc(OC)cc12. The topological polar surface area (TPSA) is 77.8 Å². The van der Waals surface area contributed by atoms with Gasteiger partial charge in [-0.05, 0) is 60.9 Å². The summed E-state index contributed by atoms with van der Waals surface area (Å²) >= 11 is 0. The van der Waals surface area contributed by atoms with Gasteiger partial charge in [0, 0.05) is 16.6 Å². The summed E-state index contributed by atoms with van der Waals surface area (Å²) in [7, 11) is 1.52. The molecule has 2 aromatic carbocycles. The molecule has 0 saturated carbocycles. The Balaban J connectivity index is 2.20. The highest BCUT2D eigenvalue weighted by atomic mass is 19.3. The van der Waals surface area contributed by atoms with Crippen LogP contribution < -0.4 is 9.47 Å². The maximum atomic E-state index is 13.4. The van der Waals surface area contributed by atoms with Crippen molar-refractivity contribution in [2.24, 2.45) is 5.92 Å². The molecule has 1 heterocycles. The standard InChI is InChI=1S/C24H25F2NO5/c1-5-13(2)20(23(29)30)21-14(3)27(19-11-10-17(31-4)12-18(19)21)22(28)15-6-8-16(9-7-15)32-24(25)26/h6-13,20,24H,5H2,1-4H3,(H,29,30)/t13?,20-/m0/s1. The molecule has 2 atom stereocenters. The Morgan fingerprint density at radius 2 is 1.72 bits per heavy atom. The number of carbonyl (C=O) groups is 2. The quantitative estimate of drug-likeness (QED) is 0.498. The molecule has 0 amide bonds. The second kappa shape index (κ2) is 9.38. The highest BCUT2D eigenvalue weighted by Crippen LogP contribution is 2.39. The number of carboxylic acid groups (broad SMARTS) is 1. The molecule has 32 heavy (non-hydrogen) atoms. The Morgan fingerprint density at radius 3 is 2.25 bits per heavy atom. The lowest BCUT2D eigenvalue weighted by molar-refractivity contribution is -0.140. The van der Waals surface area contributed by atoms with Crippen molar-refractivity contribution in [3.63, 3.8) is 0 Å². The number of ether oxygens (including phenoxy) is 2. The van der Waals surface area contributed by atoms with Crippen molar-refractivity contribution in [3.05, 3.63) is 59.3 Å². The number of carboxylic acids is 1. The molecule has 170 valence electrons. The number of hydrogen-bond donors (Lipinski definition) is 1. The maximum Gasteiger partial charge on any atom is 0.387 e. The fraction of sp³-hybridized carbons (Fsp3) is 0.333. The lowest BCUT2D eigenvalue weighted by atomic mass is 9.84. The summed E-state index contributed by atoms with van der Waals surface area (Å²) in [5.74, 6) is -1.86. The Hall–Kier alpha value is -3.42. The van der Waals surface area contributed by atoms with E-state index in [0.29, 0.717) is 34.3 Å². The van der Waals surface area contributed by atoms with Gasteiger partial charge in [0.05, 0.1) is 18.5 Å². The molecule has 0 bridgehead atoms. The summed E-state index contributed by atoms with van der Waals surface area (Å²) in [6, 6.07) is 10.5. The molecule has 8 heteroatoms. The lowest BCUT2D eigenvalue weighted by Gasteiger charge is -2.20. The molecule has 0 aliphatic rings. The van der Waals surface area contributed by atoms with Gasteiger partial charge in [0.1, 0.15) is 11.5 Å². The molecule has 0 spiro atoms. The highest BCUT2D eigenvalue weighted by Gasteiger charge is 2.32. The normalized spacial score (nSPS) is 13.2. The van der Waals surface area contributed by atoms with Crippen LogP contribution >= 0.6 is 0 Å². The lowest BCUT2D eigenvalue weighted by Crippen LogP contribution is -2.21. The van der Waals surface area contributed by atoms with Crippen molar-refractivity contribution in [2.75, 3.05) is 7.11 Å². The molecule has 0 aliphatic heterocycles. The van der Waals surface area contributed by atoms with Crippen LogP contribution in [-0.4, -0.2) is 35.3 Å². The van der Waals surface area contributed by atoms with E-state index in [4.69, 9.17) is 4.74 Å². The predicted octanol–water partition coefficient (Wildman–Crippen LogP) is 5.46. The number of methoxy groups -OCH3 is 1. The van der Waals surface area contributed by atoms with Crippen LogP contribution in [0, 0.1) is 12.8 Å². The van der Waals surface area contributed by atoms with E-state index in [1.165, 1.54) is 35.9 Å². The van der Waals surface area contributed by atoms with Crippen LogP contribution in [0.3, 0.4) is 0 Å². The molecule has 3 aromatic rings. The maximum absolute atomic E-state index is 13.4. The molecule has 3 rings (SSSR count). The number of fused-ring (bicyclic) bond motifs is 1. The molecule has 6 nitrogen and oxygen atoms in total. The van der Waals surface area contributed by atoms with Crippen molar-refractivity contribution in [1.82, 2.24) is 4.57 Å². The number of rotatable bonds is 8. The molecule has 1 aromatic heterocycles. The third-order valence-electron chi connectivity index (χ3n) is 5.78. The van der Waals surface area contributed by atoms with Gasteiger partial charge in [0.15, 0.2) is 0 Å². The number of hydrogen-bond acceptors (Lipinski definition) is 4. The van der Waals surface area contributed by atoms with Crippen LogP contribution in [0.1, 0.15) is 47.8 Å². The van der Waals surface area contributed by atoms with Crippen molar-refractivity contribution in [2.45, 2.75) is 39.7 Å². The smallest absolute Gasteiger partial charge is 0.387 e. The number of nitrogens with zero attached hydrogens (tertiary/aromatic N) is 1. The zero-order valence-corrected chi connectivity index (χ0v) is 18.3. The van der Waals surface area contributed by atoms with E-state index in [9.17, 15) is 23.5 Å². The summed E-state index contributed by atoms with van der Waals surface area (Å²) in [6.45, 7) is 2.54. The van der Waals surface area contributed by atoms with E-state index in [1.807, 2.05) is 13.8 Å². The van der Waals surface area contributed by atoms with Crippen LogP contribution in [0.5, 0.6) is 11.5 Å². The van der Waals surface area contributed by atoms with E-state index in [-0.39, 0.29) is 17.2 Å². The van der Waals surface area contributed by atoms with Gasteiger partial charge in [-0.25, -0.2) is 0 Å². The van der Waals surface area contributed by atoms with Gasteiger partial charge in [-0.1, -0.05) is 20.3 Å². The van der Waals surface area contributed by atoms with Gasteiger partial charge in [0.25, 0.3) is 5.91 Å². The Morgan fingerprint density at radius 1 is 1.09 bits per heavy atom. The van der Waals surface area contributed by atoms with Crippen LogP contribution in [0.4, 0.5) is 8.78 Å². The molecular weight excluding hydrogens is 420 g/mol. The third kappa shape index (κ3) is 4.30. The number of aromatic nitrogens is 1. The van der Waals surface area contributed by atoms with E-state index in [1.54, 1.807) is 25.1 Å². The van der Waals surface area contributed by atoms with E-state index in [0.717, 1.165) is 0 Å². The van der Waals surface area contributed by atoms with E-state index >= 15 is 0 Å². The number of alkyl halides is 2. The van der Waals surface area contributed by atoms with Gasteiger partial charge in [-0.3, -0.25) is 14.2 Å². The van der Waals surface area contributed by atoms with E-state index < -0.39 is 24.4 Å². The number of carbonyl (C=O) groups excluding carboxylic acids is 1. The first-order chi connectivity index (χ1) is 15.2. The van der Waals surface area contributed by atoms with Gasteiger partial charge >= 0.3 is 12.6 Å². The minimum Gasteiger partial charge on any atom is -0.497 e. The van der Waals surface area contributed by atoms with Gasteiger partial charge in [-0.15, -0.1) is 0 Å². The molecule has 0 aliphatic carbocycles. The van der Waals surface area contributed by atoms with Gasteiger partial charge in [-0.2, -0.15) is 8.78 Å². The number of halogens is 2. The average Bonchev–Trinajstić information content (AvgIpc) is 3.04. The van der Waals surface area contributed by atoms with Crippen molar-refractivity contribution in [3.8, 4) is 11.5 Å². The fourth-order valence-electron chi connectivity index (χ4n) is 4.00. The van der Waals surface area contributed by atoms with Crippen LogP contribution in [0.15, 0.2) is 42.5 Å². The van der Waals surface area contributed by atoms with E-state index in [2.05, 4.69) is 4.74 Å². The van der Waals surface area contributed by atoms with Crippen molar-refractivity contribution in [1.29, 1.82) is 0 Å². The number of benzene rings is 2. The molecule has 1 N–H and O–H groups in total. The third-order valence-corrected chi connectivity index (χ3v) is 5.78. The summed E-state index contributed by atoms with van der Waals surface area (Å²) in [4.78, 5) is 25.6.